The van der Waals surface area contributed by atoms with E-state index in [4.69, 9.17) is 33.4 Å². The van der Waals surface area contributed by atoms with Crippen LogP contribution in [-0.2, 0) is 0 Å². The van der Waals surface area contributed by atoms with E-state index >= 15 is 0 Å². The van der Waals surface area contributed by atoms with Gasteiger partial charge in [-0.3, -0.25) is 4.79 Å². The van der Waals surface area contributed by atoms with Crippen LogP contribution >= 0.6 is 23.2 Å². The molecule has 0 atom stereocenters. The van der Waals surface area contributed by atoms with Crippen molar-refractivity contribution in [3.8, 4) is 0 Å². The summed E-state index contributed by atoms with van der Waals surface area (Å²) in [5, 5.41) is 3.24. The molecule has 0 fully saturated rings. The van der Waals surface area contributed by atoms with E-state index in [-0.39, 0.29) is 10.8 Å². The lowest BCUT2D eigenvalue weighted by molar-refractivity contribution is 0.0996. The summed E-state index contributed by atoms with van der Waals surface area (Å²) in [6.07, 6.45) is 1.40. The van der Waals surface area contributed by atoms with Gasteiger partial charge in [-0.2, -0.15) is 0 Å². The van der Waals surface area contributed by atoms with E-state index in [9.17, 15) is 4.79 Å². The van der Waals surface area contributed by atoms with Crippen molar-refractivity contribution in [2.45, 2.75) is 0 Å². The quantitative estimate of drug-likeness (QED) is 0.822. The number of nitrogen functional groups attached to an aromatic ring is 1. The van der Waals surface area contributed by atoms with Crippen LogP contribution in [0.1, 0.15) is 10.6 Å². The van der Waals surface area contributed by atoms with E-state index in [0.29, 0.717) is 16.4 Å². The maximum Gasteiger partial charge on any atom is 0.291 e. The molecular weight excluding hydrogens is 263 g/mol. The smallest absolute Gasteiger partial charge is 0.291 e. The van der Waals surface area contributed by atoms with E-state index in [1.54, 1.807) is 6.07 Å². The Bertz CT molecular complexity index is 530. The number of hydrogen-bond donors (Lipinski definition) is 2. The minimum absolute atomic E-state index is 0.176. The van der Waals surface area contributed by atoms with Crippen molar-refractivity contribution in [3.05, 3.63) is 46.3 Å². The zero-order valence-corrected chi connectivity index (χ0v) is 10.0. The third kappa shape index (κ3) is 2.54. The number of carbonyl (C=O) groups excluding carboxylic acids is 1. The van der Waals surface area contributed by atoms with Crippen molar-refractivity contribution in [2.75, 3.05) is 11.1 Å². The first-order valence-corrected chi connectivity index (χ1v) is 5.43. The maximum absolute atomic E-state index is 11.7. The van der Waals surface area contributed by atoms with Crippen molar-refractivity contribution in [1.82, 2.24) is 0 Å². The highest BCUT2D eigenvalue weighted by atomic mass is 35.5. The second-order valence-corrected chi connectivity index (χ2v) is 4.13. The average Bonchev–Trinajstić information content (AvgIpc) is 2.76. The lowest BCUT2D eigenvalue weighted by Gasteiger charge is -2.09. The van der Waals surface area contributed by atoms with E-state index in [1.165, 1.54) is 24.5 Å². The molecule has 0 aliphatic rings. The Balaban J connectivity index is 2.28. The first-order valence-electron chi connectivity index (χ1n) is 4.67. The molecule has 0 spiro atoms. The fourth-order valence-electron chi connectivity index (χ4n) is 1.31. The van der Waals surface area contributed by atoms with E-state index in [0.717, 1.165) is 0 Å². The first-order chi connectivity index (χ1) is 8.08. The number of anilines is 2. The summed E-state index contributed by atoms with van der Waals surface area (Å²) in [5.41, 5.74) is 6.32. The highest BCUT2D eigenvalue weighted by molar-refractivity contribution is 6.37. The Kier molecular flexibility index (Phi) is 3.26. The van der Waals surface area contributed by atoms with Gasteiger partial charge in [-0.05, 0) is 24.3 Å². The molecular formula is C11H8Cl2N2O2. The third-order valence-corrected chi connectivity index (χ3v) is 2.59. The number of amides is 1. The predicted molar refractivity (Wildman–Crippen MR) is 67.5 cm³/mol. The lowest BCUT2D eigenvalue weighted by Crippen LogP contribution is -2.12. The zero-order valence-electron chi connectivity index (χ0n) is 8.54. The molecule has 3 N–H and O–H groups in total. The fourth-order valence-corrected chi connectivity index (χ4v) is 1.86. The summed E-state index contributed by atoms with van der Waals surface area (Å²) in [4.78, 5) is 11.7. The van der Waals surface area contributed by atoms with Gasteiger partial charge >= 0.3 is 0 Å². The van der Waals surface area contributed by atoms with Gasteiger partial charge in [0.1, 0.15) is 0 Å². The van der Waals surface area contributed by atoms with Gasteiger partial charge in [-0.1, -0.05) is 23.2 Å². The van der Waals surface area contributed by atoms with Crippen LogP contribution in [0.3, 0.4) is 0 Å². The fraction of sp³-hybridized carbons (Fsp3) is 0. The van der Waals surface area contributed by atoms with Gasteiger partial charge < -0.3 is 15.5 Å². The maximum atomic E-state index is 11.7. The number of rotatable bonds is 2. The molecule has 0 radical (unpaired) electrons. The summed E-state index contributed by atoms with van der Waals surface area (Å²) in [5.74, 6) is -0.249. The van der Waals surface area contributed by atoms with Gasteiger partial charge in [0, 0.05) is 5.02 Å². The second-order valence-electron chi connectivity index (χ2n) is 3.28. The average molecular weight is 271 g/mol. The van der Waals surface area contributed by atoms with Crippen molar-refractivity contribution < 1.29 is 9.21 Å². The molecule has 0 saturated carbocycles. The number of carbonyl (C=O) groups is 1. The number of hydrogen-bond acceptors (Lipinski definition) is 3. The molecule has 0 saturated heterocycles. The summed E-state index contributed by atoms with van der Waals surface area (Å²) in [7, 11) is 0. The molecule has 0 unspecified atom stereocenters. The van der Waals surface area contributed by atoms with Crippen LogP contribution in [0.4, 0.5) is 11.4 Å². The SMILES string of the molecule is Nc1cc(Cl)cc(Cl)c1NC(=O)c1ccco1. The van der Waals surface area contributed by atoms with Gasteiger partial charge in [0.05, 0.1) is 22.7 Å². The monoisotopic (exact) mass is 270 g/mol. The van der Waals surface area contributed by atoms with Gasteiger partial charge in [-0.25, -0.2) is 0 Å². The Morgan fingerprint density at radius 3 is 2.71 bits per heavy atom. The number of halogens is 2. The molecule has 0 aliphatic heterocycles. The van der Waals surface area contributed by atoms with E-state index < -0.39 is 5.91 Å². The summed E-state index contributed by atoms with van der Waals surface area (Å²) >= 11 is 11.7. The molecule has 0 aliphatic carbocycles. The molecule has 4 nitrogen and oxygen atoms in total. The van der Waals surface area contributed by atoms with E-state index in [1.807, 2.05) is 0 Å². The van der Waals surface area contributed by atoms with Crippen molar-refractivity contribution in [1.29, 1.82) is 0 Å². The Hall–Kier alpha value is -1.65. The zero-order chi connectivity index (χ0) is 12.4. The van der Waals surface area contributed by atoms with Crippen LogP contribution in [0.5, 0.6) is 0 Å². The topological polar surface area (TPSA) is 68.3 Å². The largest absolute Gasteiger partial charge is 0.459 e. The van der Waals surface area contributed by atoms with Crippen molar-refractivity contribution >= 4 is 40.5 Å². The van der Waals surface area contributed by atoms with Gasteiger partial charge in [0.15, 0.2) is 5.76 Å². The number of nitrogens with one attached hydrogen (secondary N) is 1. The van der Waals surface area contributed by atoms with Crippen molar-refractivity contribution in [3.63, 3.8) is 0 Å². The summed E-state index contributed by atoms with van der Waals surface area (Å²) in [6, 6.07) is 6.15. The van der Waals surface area contributed by atoms with Gasteiger partial charge in [-0.15, -0.1) is 0 Å². The normalized spacial score (nSPS) is 10.2. The molecule has 2 rings (SSSR count). The second kappa shape index (κ2) is 4.69. The predicted octanol–water partition coefficient (Wildman–Crippen LogP) is 3.42. The Morgan fingerprint density at radius 1 is 1.35 bits per heavy atom. The Labute approximate surface area is 107 Å². The highest BCUT2D eigenvalue weighted by Crippen LogP contribution is 2.32. The van der Waals surface area contributed by atoms with E-state index in [2.05, 4.69) is 5.32 Å². The molecule has 2 aromatic rings. The first kappa shape index (κ1) is 11.8. The molecule has 1 amide bonds. The van der Waals surface area contributed by atoms with Crippen LogP contribution < -0.4 is 11.1 Å². The molecule has 6 heteroatoms. The molecule has 1 aromatic carbocycles. The lowest BCUT2D eigenvalue weighted by atomic mass is 10.2. The van der Waals surface area contributed by atoms with Gasteiger partial charge in [0.2, 0.25) is 0 Å². The van der Waals surface area contributed by atoms with Crippen LogP contribution in [-0.4, -0.2) is 5.91 Å². The van der Waals surface area contributed by atoms with Crippen molar-refractivity contribution in [2.24, 2.45) is 0 Å². The van der Waals surface area contributed by atoms with Crippen LogP contribution in [0.2, 0.25) is 10.0 Å². The van der Waals surface area contributed by atoms with Gasteiger partial charge in [0.25, 0.3) is 5.91 Å². The number of nitrogens with two attached hydrogens (primary N) is 1. The number of furan rings is 1. The van der Waals surface area contributed by atoms with Crippen LogP contribution in [0, 0.1) is 0 Å². The third-order valence-electron chi connectivity index (χ3n) is 2.07. The molecule has 1 aromatic heterocycles. The standard InChI is InChI=1S/C11H8Cl2N2O2/c12-6-4-7(13)10(8(14)5-6)15-11(16)9-2-1-3-17-9/h1-5H,14H2,(H,15,16). The molecule has 1 heterocycles. The minimum Gasteiger partial charge on any atom is -0.459 e. The minimum atomic E-state index is -0.425. The number of benzene rings is 1. The van der Waals surface area contributed by atoms with Crippen LogP contribution in [0.15, 0.2) is 34.9 Å². The summed E-state index contributed by atoms with van der Waals surface area (Å²) < 4.78 is 4.95. The molecule has 88 valence electrons. The highest BCUT2D eigenvalue weighted by Gasteiger charge is 2.13. The molecule has 17 heavy (non-hydrogen) atoms. The molecule has 0 bridgehead atoms. The Morgan fingerprint density at radius 2 is 2.12 bits per heavy atom. The summed E-state index contributed by atoms with van der Waals surface area (Å²) in [6.45, 7) is 0. The van der Waals surface area contributed by atoms with Crippen LogP contribution in [0.25, 0.3) is 0 Å².